The molecular formula is C21H25F3N2O3S. The van der Waals surface area contributed by atoms with E-state index < -0.39 is 26.7 Å². The Morgan fingerprint density at radius 1 is 1.13 bits per heavy atom. The summed E-state index contributed by atoms with van der Waals surface area (Å²) in [5.74, 6) is 0.455. The SMILES string of the molecule is CCCOc1ccccc1-c1ccc(S(=O)(=O)NC2CCNCC2)c(C(F)(F)F)c1. The van der Waals surface area contributed by atoms with Gasteiger partial charge < -0.3 is 10.1 Å². The molecule has 1 heterocycles. The summed E-state index contributed by atoms with van der Waals surface area (Å²) in [5, 5.41) is 3.09. The lowest BCUT2D eigenvalue weighted by atomic mass is 10.0. The van der Waals surface area contributed by atoms with Crippen LogP contribution in [0, 0.1) is 0 Å². The van der Waals surface area contributed by atoms with Gasteiger partial charge in [0, 0.05) is 11.6 Å². The molecule has 30 heavy (non-hydrogen) atoms. The van der Waals surface area contributed by atoms with Crippen LogP contribution in [-0.4, -0.2) is 34.2 Å². The Hall–Kier alpha value is -2.10. The van der Waals surface area contributed by atoms with Crippen LogP contribution in [0.5, 0.6) is 5.75 Å². The summed E-state index contributed by atoms with van der Waals surface area (Å²) >= 11 is 0. The van der Waals surface area contributed by atoms with E-state index in [1.807, 2.05) is 6.92 Å². The molecular weight excluding hydrogens is 417 g/mol. The van der Waals surface area contributed by atoms with E-state index >= 15 is 0 Å². The Morgan fingerprint density at radius 2 is 1.83 bits per heavy atom. The molecule has 2 aromatic carbocycles. The van der Waals surface area contributed by atoms with Gasteiger partial charge in [-0.2, -0.15) is 13.2 Å². The monoisotopic (exact) mass is 442 g/mol. The fraction of sp³-hybridized carbons (Fsp3) is 0.429. The second kappa shape index (κ2) is 9.36. The minimum absolute atomic E-state index is 0.245. The first kappa shape index (κ1) is 22.6. The fourth-order valence-electron chi connectivity index (χ4n) is 3.42. The number of sulfonamides is 1. The Labute approximate surface area is 174 Å². The highest BCUT2D eigenvalue weighted by Gasteiger charge is 2.38. The normalized spacial score (nSPS) is 15.9. The van der Waals surface area contributed by atoms with E-state index in [0.29, 0.717) is 43.9 Å². The summed E-state index contributed by atoms with van der Waals surface area (Å²) in [6.07, 6.45) is -3.02. The number of rotatable bonds is 7. The molecule has 1 saturated heterocycles. The highest BCUT2D eigenvalue weighted by Crippen LogP contribution is 2.39. The first-order chi connectivity index (χ1) is 14.2. The van der Waals surface area contributed by atoms with E-state index in [4.69, 9.17) is 4.74 Å². The summed E-state index contributed by atoms with van der Waals surface area (Å²) in [4.78, 5) is -0.760. The van der Waals surface area contributed by atoms with Crippen molar-refractivity contribution in [2.45, 2.75) is 43.3 Å². The molecule has 0 atom stereocenters. The highest BCUT2D eigenvalue weighted by atomic mass is 32.2. The second-order valence-corrected chi connectivity index (χ2v) is 8.88. The quantitative estimate of drug-likeness (QED) is 0.675. The lowest BCUT2D eigenvalue weighted by Crippen LogP contribution is -2.43. The molecule has 1 aliphatic rings. The van der Waals surface area contributed by atoms with Crippen LogP contribution in [0.15, 0.2) is 47.4 Å². The topological polar surface area (TPSA) is 67.4 Å². The first-order valence-corrected chi connectivity index (χ1v) is 11.4. The van der Waals surface area contributed by atoms with Crippen molar-refractivity contribution in [3.8, 4) is 16.9 Å². The molecule has 0 spiro atoms. The molecule has 2 aromatic rings. The molecule has 0 bridgehead atoms. The van der Waals surface area contributed by atoms with Gasteiger partial charge in [0.05, 0.1) is 17.1 Å². The summed E-state index contributed by atoms with van der Waals surface area (Å²) < 4.78 is 75.1. The number of halogens is 3. The Balaban J connectivity index is 2.01. The van der Waals surface area contributed by atoms with Gasteiger partial charge in [-0.25, -0.2) is 13.1 Å². The van der Waals surface area contributed by atoms with Crippen LogP contribution in [0.4, 0.5) is 13.2 Å². The lowest BCUT2D eigenvalue weighted by molar-refractivity contribution is -0.139. The van der Waals surface area contributed by atoms with E-state index in [-0.39, 0.29) is 11.6 Å². The van der Waals surface area contributed by atoms with E-state index in [0.717, 1.165) is 18.6 Å². The first-order valence-electron chi connectivity index (χ1n) is 9.89. The zero-order valence-corrected chi connectivity index (χ0v) is 17.4. The number of hydrogen-bond acceptors (Lipinski definition) is 4. The maximum atomic E-state index is 13.8. The van der Waals surface area contributed by atoms with Gasteiger partial charge >= 0.3 is 6.18 Å². The van der Waals surface area contributed by atoms with Crippen molar-refractivity contribution in [3.63, 3.8) is 0 Å². The van der Waals surface area contributed by atoms with Crippen molar-refractivity contribution in [2.75, 3.05) is 19.7 Å². The zero-order valence-electron chi connectivity index (χ0n) is 16.6. The maximum absolute atomic E-state index is 13.8. The van der Waals surface area contributed by atoms with Crippen molar-refractivity contribution in [1.82, 2.24) is 10.0 Å². The molecule has 0 radical (unpaired) electrons. The molecule has 0 aromatic heterocycles. The predicted octanol–water partition coefficient (Wildman–Crippen LogP) is 4.19. The molecule has 0 saturated carbocycles. The fourth-order valence-corrected chi connectivity index (χ4v) is 4.93. The van der Waals surface area contributed by atoms with Gasteiger partial charge in [-0.1, -0.05) is 31.2 Å². The molecule has 1 aliphatic heterocycles. The van der Waals surface area contributed by atoms with Gasteiger partial charge in [-0.3, -0.25) is 0 Å². The van der Waals surface area contributed by atoms with Crippen LogP contribution in [0.3, 0.4) is 0 Å². The molecule has 0 unspecified atom stereocenters. The minimum atomic E-state index is -4.83. The molecule has 0 aliphatic carbocycles. The highest BCUT2D eigenvalue weighted by molar-refractivity contribution is 7.89. The maximum Gasteiger partial charge on any atom is 0.417 e. The average Bonchev–Trinajstić information content (AvgIpc) is 2.72. The van der Waals surface area contributed by atoms with Crippen molar-refractivity contribution in [1.29, 1.82) is 0 Å². The smallest absolute Gasteiger partial charge is 0.417 e. The Bertz CT molecular complexity index is 972. The number of alkyl halides is 3. The van der Waals surface area contributed by atoms with Crippen LogP contribution < -0.4 is 14.8 Å². The van der Waals surface area contributed by atoms with Crippen molar-refractivity contribution in [2.24, 2.45) is 0 Å². The third kappa shape index (κ3) is 5.33. The molecule has 3 rings (SSSR count). The van der Waals surface area contributed by atoms with Crippen molar-refractivity contribution < 1.29 is 26.3 Å². The number of hydrogen-bond donors (Lipinski definition) is 2. The summed E-state index contributed by atoms with van der Waals surface area (Å²) in [6, 6.07) is 9.68. The average molecular weight is 443 g/mol. The third-order valence-electron chi connectivity index (χ3n) is 4.90. The van der Waals surface area contributed by atoms with Gasteiger partial charge in [0.25, 0.3) is 0 Å². The van der Waals surface area contributed by atoms with Crippen LogP contribution in [0.2, 0.25) is 0 Å². The largest absolute Gasteiger partial charge is 0.493 e. The van der Waals surface area contributed by atoms with Gasteiger partial charge in [-0.15, -0.1) is 0 Å². The Morgan fingerprint density at radius 3 is 2.50 bits per heavy atom. The van der Waals surface area contributed by atoms with Gasteiger partial charge in [0.2, 0.25) is 10.0 Å². The number of piperidine rings is 1. The second-order valence-electron chi connectivity index (χ2n) is 7.20. The molecule has 1 fully saturated rings. The van der Waals surface area contributed by atoms with Gasteiger partial charge in [0.15, 0.2) is 0 Å². The third-order valence-corrected chi connectivity index (χ3v) is 6.47. The van der Waals surface area contributed by atoms with Gasteiger partial charge in [-0.05, 0) is 56.1 Å². The summed E-state index contributed by atoms with van der Waals surface area (Å²) in [7, 11) is -4.33. The molecule has 164 valence electrons. The van der Waals surface area contributed by atoms with Crippen LogP contribution in [-0.2, 0) is 16.2 Å². The van der Waals surface area contributed by atoms with Gasteiger partial charge in [0.1, 0.15) is 5.75 Å². The lowest BCUT2D eigenvalue weighted by Gasteiger charge is -2.24. The number of nitrogens with one attached hydrogen (secondary N) is 2. The molecule has 2 N–H and O–H groups in total. The van der Waals surface area contributed by atoms with Crippen molar-refractivity contribution >= 4 is 10.0 Å². The van der Waals surface area contributed by atoms with E-state index in [1.165, 1.54) is 6.07 Å². The number of para-hydroxylation sites is 1. The standard InChI is InChI=1S/C21H25F3N2O3S/c1-2-13-29-19-6-4-3-5-17(19)15-7-8-20(18(14-15)21(22,23)24)30(27,28)26-16-9-11-25-12-10-16/h3-8,14,16,25-26H,2,9-13H2,1H3. The predicted molar refractivity (Wildman–Crippen MR) is 109 cm³/mol. The van der Waals surface area contributed by atoms with Crippen LogP contribution in [0.1, 0.15) is 31.7 Å². The van der Waals surface area contributed by atoms with E-state index in [2.05, 4.69) is 10.0 Å². The summed E-state index contributed by atoms with van der Waals surface area (Å²) in [5.41, 5.74) is -0.465. The number of ether oxygens (including phenoxy) is 1. The van der Waals surface area contributed by atoms with Crippen LogP contribution >= 0.6 is 0 Å². The minimum Gasteiger partial charge on any atom is -0.493 e. The van der Waals surface area contributed by atoms with Crippen molar-refractivity contribution in [3.05, 3.63) is 48.0 Å². The summed E-state index contributed by atoms with van der Waals surface area (Å²) in [6.45, 7) is 3.59. The van der Waals surface area contributed by atoms with E-state index in [9.17, 15) is 21.6 Å². The number of benzene rings is 2. The molecule has 5 nitrogen and oxygen atoms in total. The molecule has 9 heteroatoms. The van der Waals surface area contributed by atoms with E-state index in [1.54, 1.807) is 24.3 Å². The van der Waals surface area contributed by atoms with Crippen LogP contribution in [0.25, 0.3) is 11.1 Å². The Kier molecular flexibility index (Phi) is 7.05. The zero-order chi connectivity index (χ0) is 21.8. The molecule has 0 amide bonds.